The standard InChI is InChI=1S/C11H16BrNOS/c1-14-10-2-4-13(5-3-10)7-11-6-9(12)8-15-11/h6,8,10H,2-5,7H2,1H3. The van der Waals surface area contributed by atoms with E-state index in [1.165, 1.54) is 22.2 Å². The Hall–Kier alpha value is 0.1000. The largest absolute Gasteiger partial charge is 0.381 e. The van der Waals surface area contributed by atoms with Crippen LogP contribution in [0.25, 0.3) is 0 Å². The Balaban J connectivity index is 1.82. The number of rotatable bonds is 3. The first kappa shape index (κ1) is 11.6. The molecule has 0 N–H and O–H groups in total. The predicted octanol–water partition coefficient (Wildman–Crippen LogP) is 3.12. The Morgan fingerprint density at radius 3 is 2.80 bits per heavy atom. The molecule has 0 radical (unpaired) electrons. The number of nitrogens with zero attached hydrogens (tertiary/aromatic N) is 1. The smallest absolute Gasteiger partial charge is 0.0595 e. The molecule has 0 aliphatic carbocycles. The number of piperidine rings is 1. The zero-order chi connectivity index (χ0) is 10.7. The highest BCUT2D eigenvalue weighted by Crippen LogP contribution is 2.23. The van der Waals surface area contributed by atoms with Crippen molar-refractivity contribution < 1.29 is 4.74 Å². The maximum atomic E-state index is 5.36. The van der Waals surface area contributed by atoms with Crippen LogP contribution in [0.15, 0.2) is 15.9 Å². The van der Waals surface area contributed by atoms with Crippen LogP contribution in [0.3, 0.4) is 0 Å². The molecule has 4 heteroatoms. The van der Waals surface area contributed by atoms with Crippen molar-refractivity contribution in [1.82, 2.24) is 4.90 Å². The van der Waals surface area contributed by atoms with Gasteiger partial charge in [0.2, 0.25) is 0 Å². The van der Waals surface area contributed by atoms with Gasteiger partial charge in [0.1, 0.15) is 0 Å². The maximum Gasteiger partial charge on any atom is 0.0595 e. The third-order valence-corrected chi connectivity index (χ3v) is 4.55. The monoisotopic (exact) mass is 289 g/mol. The number of ether oxygens (including phenoxy) is 1. The molecule has 2 heterocycles. The molecule has 0 bridgehead atoms. The van der Waals surface area contributed by atoms with Crippen molar-refractivity contribution in [2.24, 2.45) is 0 Å². The van der Waals surface area contributed by atoms with Gasteiger partial charge >= 0.3 is 0 Å². The average molecular weight is 290 g/mol. The van der Waals surface area contributed by atoms with Crippen LogP contribution in [0.5, 0.6) is 0 Å². The van der Waals surface area contributed by atoms with E-state index in [0.29, 0.717) is 6.10 Å². The number of halogens is 1. The molecular formula is C11H16BrNOS. The summed E-state index contributed by atoms with van der Waals surface area (Å²) in [6.45, 7) is 3.41. The number of thiophene rings is 1. The SMILES string of the molecule is COC1CCN(Cc2cc(Br)cs2)CC1. The molecule has 0 saturated carbocycles. The fourth-order valence-corrected chi connectivity index (χ4v) is 3.45. The van der Waals surface area contributed by atoms with Crippen molar-refractivity contribution in [2.75, 3.05) is 20.2 Å². The molecule has 1 aliphatic heterocycles. The predicted molar refractivity (Wildman–Crippen MR) is 67.3 cm³/mol. The first-order valence-electron chi connectivity index (χ1n) is 5.26. The normalized spacial score (nSPS) is 19.6. The molecule has 15 heavy (non-hydrogen) atoms. The van der Waals surface area contributed by atoms with Crippen LogP contribution in [0.1, 0.15) is 17.7 Å². The number of hydrogen-bond acceptors (Lipinski definition) is 3. The Kier molecular flexibility index (Phi) is 4.20. The molecule has 1 saturated heterocycles. The van der Waals surface area contributed by atoms with Gasteiger partial charge in [-0.05, 0) is 34.8 Å². The van der Waals surface area contributed by atoms with E-state index in [9.17, 15) is 0 Å². The van der Waals surface area contributed by atoms with Gasteiger partial charge in [0.15, 0.2) is 0 Å². The summed E-state index contributed by atoms with van der Waals surface area (Å²) in [7, 11) is 1.82. The minimum absolute atomic E-state index is 0.483. The molecule has 1 aromatic heterocycles. The Morgan fingerprint density at radius 2 is 2.27 bits per heavy atom. The minimum Gasteiger partial charge on any atom is -0.381 e. The fraction of sp³-hybridized carbons (Fsp3) is 0.636. The molecule has 0 atom stereocenters. The number of likely N-dealkylation sites (tertiary alicyclic amines) is 1. The van der Waals surface area contributed by atoms with E-state index in [4.69, 9.17) is 4.74 Å². The Labute approximate surface area is 103 Å². The summed E-state index contributed by atoms with van der Waals surface area (Å²) < 4.78 is 6.57. The average Bonchev–Trinajstić information content (AvgIpc) is 2.65. The van der Waals surface area contributed by atoms with Crippen LogP contribution < -0.4 is 0 Å². The molecule has 84 valence electrons. The third-order valence-electron chi connectivity index (χ3n) is 2.87. The molecule has 0 aromatic carbocycles. The molecule has 1 fully saturated rings. The van der Waals surface area contributed by atoms with Gasteiger partial charge in [-0.1, -0.05) is 0 Å². The second-order valence-electron chi connectivity index (χ2n) is 3.94. The Bertz CT molecular complexity index is 307. The first-order chi connectivity index (χ1) is 7.28. The van der Waals surface area contributed by atoms with E-state index in [2.05, 4.69) is 32.3 Å². The van der Waals surface area contributed by atoms with E-state index < -0.39 is 0 Å². The second-order valence-corrected chi connectivity index (χ2v) is 5.85. The van der Waals surface area contributed by atoms with Crippen LogP contribution >= 0.6 is 27.3 Å². The van der Waals surface area contributed by atoms with Gasteiger partial charge in [0.25, 0.3) is 0 Å². The summed E-state index contributed by atoms with van der Waals surface area (Å²) in [6.07, 6.45) is 2.82. The maximum absolute atomic E-state index is 5.36. The minimum atomic E-state index is 0.483. The summed E-state index contributed by atoms with van der Waals surface area (Å²) >= 11 is 5.32. The van der Waals surface area contributed by atoms with Crippen LogP contribution in [0.4, 0.5) is 0 Å². The van der Waals surface area contributed by atoms with Crippen LogP contribution in [-0.4, -0.2) is 31.2 Å². The van der Waals surface area contributed by atoms with E-state index >= 15 is 0 Å². The van der Waals surface area contributed by atoms with Crippen molar-refractivity contribution in [3.8, 4) is 0 Å². The first-order valence-corrected chi connectivity index (χ1v) is 6.93. The highest BCUT2D eigenvalue weighted by atomic mass is 79.9. The molecule has 0 unspecified atom stereocenters. The molecular weight excluding hydrogens is 274 g/mol. The molecule has 0 spiro atoms. The van der Waals surface area contributed by atoms with E-state index in [1.807, 2.05) is 18.4 Å². The lowest BCUT2D eigenvalue weighted by Crippen LogP contribution is -2.35. The third kappa shape index (κ3) is 3.28. The summed E-state index contributed by atoms with van der Waals surface area (Å²) in [5.74, 6) is 0. The zero-order valence-corrected chi connectivity index (χ0v) is 11.3. The van der Waals surface area contributed by atoms with Crippen LogP contribution in [0.2, 0.25) is 0 Å². The molecule has 1 aliphatic rings. The second kappa shape index (κ2) is 5.43. The van der Waals surface area contributed by atoms with Gasteiger partial charge in [-0.3, -0.25) is 4.90 Å². The van der Waals surface area contributed by atoms with Crippen molar-refractivity contribution in [3.63, 3.8) is 0 Å². The van der Waals surface area contributed by atoms with Gasteiger partial charge in [0, 0.05) is 41.5 Å². The van der Waals surface area contributed by atoms with E-state index in [1.54, 1.807) is 0 Å². The van der Waals surface area contributed by atoms with Gasteiger partial charge in [-0.15, -0.1) is 11.3 Å². The lowest BCUT2D eigenvalue weighted by atomic mass is 10.1. The molecule has 0 amide bonds. The molecule has 2 nitrogen and oxygen atoms in total. The highest BCUT2D eigenvalue weighted by Gasteiger charge is 2.18. The zero-order valence-electron chi connectivity index (χ0n) is 8.91. The van der Waals surface area contributed by atoms with Crippen molar-refractivity contribution in [3.05, 3.63) is 20.8 Å². The van der Waals surface area contributed by atoms with Crippen molar-refractivity contribution in [2.45, 2.75) is 25.5 Å². The lowest BCUT2D eigenvalue weighted by Gasteiger charge is -2.30. The molecule has 1 aromatic rings. The highest BCUT2D eigenvalue weighted by molar-refractivity contribution is 9.10. The Morgan fingerprint density at radius 1 is 1.53 bits per heavy atom. The van der Waals surface area contributed by atoms with Gasteiger partial charge in [0.05, 0.1) is 6.10 Å². The van der Waals surface area contributed by atoms with Crippen molar-refractivity contribution >= 4 is 27.3 Å². The van der Waals surface area contributed by atoms with E-state index in [0.717, 1.165) is 19.6 Å². The fourth-order valence-electron chi connectivity index (χ4n) is 1.96. The lowest BCUT2D eigenvalue weighted by molar-refractivity contribution is 0.0391. The van der Waals surface area contributed by atoms with E-state index in [-0.39, 0.29) is 0 Å². The number of methoxy groups -OCH3 is 1. The number of hydrogen-bond donors (Lipinski definition) is 0. The topological polar surface area (TPSA) is 12.5 Å². The van der Waals surface area contributed by atoms with Gasteiger partial charge < -0.3 is 4.74 Å². The van der Waals surface area contributed by atoms with Gasteiger partial charge in [-0.2, -0.15) is 0 Å². The molecule has 2 rings (SSSR count). The summed E-state index contributed by atoms with van der Waals surface area (Å²) in [6, 6.07) is 2.22. The summed E-state index contributed by atoms with van der Waals surface area (Å²) in [5, 5.41) is 2.15. The van der Waals surface area contributed by atoms with Crippen LogP contribution in [-0.2, 0) is 11.3 Å². The quantitative estimate of drug-likeness (QED) is 0.848. The van der Waals surface area contributed by atoms with Crippen molar-refractivity contribution in [1.29, 1.82) is 0 Å². The summed E-state index contributed by atoms with van der Waals surface area (Å²) in [4.78, 5) is 3.95. The van der Waals surface area contributed by atoms with Gasteiger partial charge in [-0.25, -0.2) is 0 Å². The summed E-state index contributed by atoms with van der Waals surface area (Å²) in [5.41, 5.74) is 0. The van der Waals surface area contributed by atoms with Crippen LogP contribution in [0, 0.1) is 0 Å².